The lowest BCUT2D eigenvalue weighted by Gasteiger charge is -2.05. The highest BCUT2D eigenvalue weighted by atomic mass is 16.5. The van der Waals surface area contributed by atoms with Crippen molar-refractivity contribution in [2.45, 2.75) is 27.4 Å². The molecule has 1 amide bonds. The van der Waals surface area contributed by atoms with Gasteiger partial charge in [-0.2, -0.15) is 0 Å². The Balaban J connectivity index is 2.60. The van der Waals surface area contributed by atoms with E-state index in [1.807, 2.05) is 5.43 Å². The van der Waals surface area contributed by atoms with Gasteiger partial charge in [-0.15, -0.1) is 0 Å². The van der Waals surface area contributed by atoms with Crippen molar-refractivity contribution in [3.63, 3.8) is 0 Å². The number of aryl methyl sites for hydroxylation is 1. The van der Waals surface area contributed by atoms with Gasteiger partial charge in [0, 0.05) is 12.2 Å². The summed E-state index contributed by atoms with van der Waals surface area (Å²) in [4.78, 5) is 11.2. The third-order valence-corrected chi connectivity index (χ3v) is 2.08. The van der Waals surface area contributed by atoms with Gasteiger partial charge < -0.3 is 9.15 Å². The lowest BCUT2D eigenvalue weighted by molar-refractivity contribution is 0.0924. The predicted molar refractivity (Wildman–Crippen MR) is 59.6 cm³/mol. The molecule has 0 aromatic carbocycles. The number of amides is 1. The summed E-state index contributed by atoms with van der Waals surface area (Å²) in [5.74, 6) is 5.96. The number of carbonyl (C=O) groups is 1. The fraction of sp³-hybridized carbons (Fsp3) is 0.545. The monoisotopic (exact) mass is 226 g/mol. The van der Waals surface area contributed by atoms with Crippen LogP contribution < -0.4 is 11.3 Å². The Morgan fingerprint density at radius 2 is 2.31 bits per heavy atom. The largest absolute Gasteiger partial charge is 0.456 e. The fourth-order valence-electron chi connectivity index (χ4n) is 1.25. The zero-order valence-corrected chi connectivity index (χ0v) is 9.87. The van der Waals surface area contributed by atoms with Gasteiger partial charge in [0.2, 0.25) is 0 Å². The van der Waals surface area contributed by atoms with Crippen LogP contribution in [-0.2, 0) is 11.3 Å². The molecule has 1 aromatic rings. The van der Waals surface area contributed by atoms with E-state index in [4.69, 9.17) is 15.0 Å². The molecule has 0 saturated heterocycles. The van der Waals surface area contributed by atoms with Crippen LogP contribution in [0.5, 0.6) is 0 Å². The molecule has 0 aliphatic heterocycles. The van der Waals surface area contributed by atoms with E-state index in [-0.39, 0.29) is 5.76 Å². The molecule has 0 spiro atoms. The van der Waals surface area contributed by atoms with E-state index in [1.165, 1.54) is 0 Å². The molecule has 0 aliphatic carbocycles. The molecule has 0 fully saturated rings. The van der Waals surface area contributed by atoms with Crippen LogP contribution in [0.1, 0.15) is 35.7 Å². The standard InChI is InChI=1S/C11H18N2O3/c1-7(2)5-15-6-9-4-10(11(14)13-12)16-8(9)3/h4,7H,5-6,12H2,1-3H3,(H,13,14). The Morgan fingerprint density at radius 1 is 1.62 bits per heavy atom. The molecule has 3 N–H and O–H groups in total. The van der Waals surface area contributed by atoms with E-state index in [0.717, 1.165) is 5.56 Å². The summed E-state index contributed by atoms with van der Waals surface area (Å²) in [6, 6.07) is 1.65. The highest BCUT2D eigenvalue weighted by Crippen LogP contribution is 2.15. The Bertz CT molecular complexity index is 358. The van der Waals surface area contributed by atoms with Crippen molar-refractivity contribution in [1.29, 1.82) is 0 Å². The molecule has 16 heavy (non-hydrogen) atoms. The van der Waals surface area contributed by atoms with Gasteiger partial charge in [-0.1, -0.05) is 13.8 Å². The van der Waals surface area contributed by atoms with E-state index in [0.29, 0.717) is 24.9 Å². The second-order valence-corrected chi connectivity index (χ2v) is 4.07. The first-order chi connectivity index (χ1) is 7.54. The summed E-state index contributed by atoms with van der Waals surface area (Å²) in [6.45, 7) is 7.08. The van der Waals surface area contributed by atoms with Crippen LogP contribution in [0.2, 0.25) is 0 Å². The van der Waals surface area contributed by atoms with Crippen molar-refractivity contribution < 1.29 is 13.9 Å². The first-order valence-electron chi connectivity index (χ1n) is 5.22. The van der Waals surface area contributed by atoms with Crippen molar-refractivity contribution in [1.82, 2.24) is 5.43 Å². The molecule has 0 radical (unpaired) electrons. The number of nitrogen functional groups attached to an aromatic ring is 1. The van der Waals surface area contributed by atoms with Crippen LogP contribution in [0, 0.1) is 12.8 Å². The Kier molecular flexibility index (Phi) is 4.52. The van der Waals surface area contributed by atoms with Gasteiger partial charge in [0.1, 0.15) is 5.76 Å². The van der Waals surface area contributed by atoms with Crippen molar-refractivity contribution in [3.05, 3.63) is 23.2 Å². The van der Waals surface area contributed by atoms with Gasteiger partial charge in [0.15, 0.2) is 5.76 Å². The molecule has 0 unspecified atom stereocenters. The Hall–Kier alpha value is -1.33. The highest BCUT2D eigenvalue weighted by molar-refractivity contribution is 5.91. The number of nitrogens with two attached hydrogens (primary N) is 1. The fourth-order valence-corrected chi connectivity index (χ4v) is 1.25. The minimum absolute atomic E-state index is 0.211. The number of nitrogens with one attached hydrogen (secondary N) is 1. The van der Waals surface area contributed by atoms with Crippen LogP contribution >= 0.6 is 0 Å². The van der Waals surface area contributed by atoms with Gasteiger partial charge in [-0.3, -0.25) is 10.2 Å². The van der Waals surface area contributed by atoms with Gasteiger partial charge in [-0.05, 0) is 18.9 Å². The molecule has 0 atom stereocenters. The first kappa shape index (κ1) is 12.7. The molecule has 0 saturated carbocycles. The number of carbonyl (C=O) groups excluding carboxylic acids is 1. The zero-order valence-electron chi connectivity index (χ0n) is 9.87. The van der Waals surface area contributed by atoms with Crippen molar-refractivity contribution >= 4 is 5.91 Å². The van der Waals surface area contributed by atoms with Crippen molar-refractivity contribution in [2.24, 2.45) is 11.8 Å². The van der Waals surface area contributed by atoms with E-state index in [9.17, 15) is 4.79 Å². The number of hydrogen-bond donors (Lipinski definition) is 2. The average Bonchev–Trinajstić information content (AvgIpc) is 2.59. The lowest BCUT2D eigenvalue weighted by Crippen LogP contribution is -2.29. The number of hydrazine groups is 1. The lowest BCUT2D eigenvalue weighted by atomic mass is 10.2. The SMILES string of the molecule is Cc1oc(C(=O)NN)cc1COCC(C)C. The third-order valence-electron chi connectivity index (χ3n) is 2.08. The zero-order chi connectivity index (χ0) is 12.1. The summed E-state index contributed by atoms with van der Waals surface area (Å²) >= 11 is 0. The van der Waals surface area contributed by atoms with E-state index >= 15 is 0 Å². The topological polar surface area (TPSA) is 77.5 Å². The Labute approximate surface area is 94.9 Å². The predicted octanol–water partition coefficient (Wildman–Crippen LogP) is 1.36. The molecule has 1 aromatic heterocycles. The molecule has 1 rings (SSSR count). The van der Waals surface area contributed by atoms with Crippen LogP contribution in [-0.4, -0.2) is 12.5 Å². The molecule has 0 bridgehead atoms. The molecular formula is C11H18N2O3. The van der Waals surface area contributed by atoms with E-state index in [1.54, 1.807) is 13.0 Å². The number of furan rings is 1. The average molecular weight is 226 g/mol. The van der Waals surface area contributed by atoms with Gasteiger partial charge in [0.05, 0.1) is 6.61 Å². The third kappa shape index (κ3) is 3.36. The van der Waals surface area contributed by atoms with Crippen LogP contribution in [0.4, 0.5) is 0 Å². The number of ether oxygens (including phenoxy) is 1. The molecule has 1 heterocycles. The van der Waals surface area contributed by atoms with Crippen LogP contribution in [0.25, 0.3) is 0 Å². The summed E-state index contributed by atoms with van der Waals surface area (Å²) in [6.07, 6.45) is 0. The minimum Gasteiger partial charge on any atom is -0.456 e. The molecule has 5 heteroatoms. The summed E-state index contributed by atoms with van der Waals surface area (Å²) in [7, 11) is 0. The second-order valence-electron chi connectivity index (χ2n) is 4.07. The van der Waals surface area contributed by atoms with Crippen LogP contribution in [0.3, 0.4) is 0 Å². The Morgan fingerprint density at radius 3 is 2.88 bits per heavy atom. The molecule has 5 nitrogen and oxygen atoms in total. The second kappa shape index (κ2) is 5.67. The quantitative estimate of drug-likeness (QED) is 0.451. The van der Waals surface area contributed by atoms with Gasteiger partial charge in [-0.25, -0.2) is 5.84 Å². The maximum Gasteiger partial charge on any atom is 0.300 e. The first-order valence-corrected chi connectivity index (χ1v) is 5.22. The van der Waals surface area contributed by atoms with Crippen molar-refractivity contribution in [2.75, 3.05) is 6.61 Å². The molecular weight excluding hydrogens is 208 g/mol. The summed E-state index contributed by atoms with van der Waals surface area (Å²) < 4.78 is 10.7. The van der Waals surface area contributed by atoms with Gasteiger partial charge >= 0.3 is 5.91 Å². The van der Waals surface area contributed by atoms with E-state index in [2.05, 4.69) is 13.8 Å². The smallest absolute Gasteiger partial charge is 0.300 e. The highest BCUT2D eigenvalue weighted by Gasteiger charge is 2.13. The maximum absolute atomic E-state index is 11.2. The number of hydrogen-bond acceptors (Lipinski definition) is 4. The normalized spacial score (nSPS) is 10.8. The van der Waals surface area contributed by atoms with Crippen LogP contribution in [0.15, 0.2) is 10.5 Å². The van der Waals surface area contributed by atoms with Crippen molar-refractivity contribution in [3.8, 4) is 0 Å². The molecule has 90 valence electrons. The summed E-state index contributed by atoms with van der Waals surface area (Å²) in [5.41, 5.74) is 2.90. The minimum atomic E-state index is -0.432. The number of rotatable bonds is 5. The van der Waals surface area contributed by atoms with Gasteiger partial charge in [0.25, 0.3) is 0 Å². The van der Waals surface area contributed by atoms with E-state index < -0.39 is 5.91 Å². The maximum atomic E-state index is 11.2. The summed E-state index contributed by atoms with van der Waals surface area (Å²) in [5, 5.41) is 0. The molecule has 0 aliphatic rings.